The molecule has 0 aliphatic rings. The average molecular weight is 275 g/mol. The van der Waals surface area contributed by atoms with Crippen molar-refractivity contribution in [2.75, 3.05) is 11.9 Å². The molecule has 19 heavy (non-hydrogen) atoms. The third-order valence-electron chi connectivity index (χ3n) is 1.99. The van der Waals surface area contributed by atoms with E-state index in [4.69, 9.17) is 0 Å². The maximum absolute atomic E-state index is 12.0. The van der Waals surface area contributed by atoms with Gasteiger partial charge in [0.1, 0.15) is 5.69 Å². The highest BCUT2D eigenvalue weighted by molar-refractivity contribution is 6.04. The molecule has 2 aromatic heterocycles. The van der Waals surface area contributed by atoms with E-state index in [0.717, 1.165) is 6.20 Å². The lowest BCUT2D eigenvalue weighted by Gasteiger charge is -2.09. The molecule has 2 aromatic rings. The van der Waals surface area contributed by atoms with Crippen molar-refractivity contribution >= 4 is 11.6 Å². The molecule has 0 bridgehead atoms. The van der Waals surface area contributed by atoms with E-state index >= 15 is 0 Å². The summed E-state index contributed by atoms with van der Waals surface area (Å²) in [5, 5.41) is 14.1. The van der Waals surface area contributed by atoms with Crippen LogP contribution in [0.1, 0.15) is 10.4 Å². The number of aromatic nitrogens is 4. The van der Waals surface area contributed by atoms with Crippen molar-refractivity contribution in [3.8, 4) is 5.88 Å². The predicted molar refractivity (Wildman–Crippen MR) is 56.7 cm³/mol. The number of rotatable bonds is 4. The van der Waals surface area contributed by atoms with Crippen molar-refractivity contribution in [2.45, 2.75) is 6.18 Å². The smallest absolute Gasteiger partial charge is 0.422 e. The standard InChI is InChI=1S/C9H8F3N5O2/c10-9(11,12)4-19-8-6(3-15-17-8)16-7(18)5-1-13-14-2-5/h1-3H,4H2,(H,13,14)(H,15,17)(H,16,18). The van der Waals surface area contributed by atoms with Crippen LogP contribution >= 0.6 is 0 Å². The summed E-state index contributed by atoms with van der Waals surface area (Å²) in [5.41, 5.74) is 0.235. The van der Waals surface area contributed by atoms with E-state index in [1.165, 1.54) is 12.4 Å². The Balaban J connectivity index is 2.02. The van der Waals surface area contributed by atoms with Gasteiger partial charge in [0.2, 0.25) is 5.88 Å². The Morgan fingerprint density at radius 3 is 2.79 bits per heavy atom. The van der Waals surface area contributed by atoms with Gasteiger partial charge in [-0.2, -0.15) is 23.4 Å². The van der Waals surface area contributed by atoms with Crippen LogP contribution in [0.4, 0.5) is 18.9 Å². The number of H-pyrrole nitrogens is 2. The molecule has 0 aliphatic carbocycles. The number of hydrogen-bond acceptors (Lipinski definition) is 4. The maximum atomic E-state index is 12.0. The highest BCUT2D eigenvalue weighted by atomic mass is 19.4. The van der Waals surface area contributed by atoms with E-state index in [2.05, 4.69) is 30.4 Å². The van der Waals surface area contributed by atoms with Crippen molar-refractivity contribution in [1.29, 1.82) is 0 Å². The molecule has 0 atom stereocenters. The molecule has 1 amide bonds. The number of alkyl halides is 3. The summed E-state index contributed by atoms with van der Waals surface area (Å²) in [7, 11) is 0. The van der Waals surface area contributed by atoms with Crippen LogP contribution in [0, 0.1) is 0 Å². The van der Waals surface area contributed by atoms with Crippen LogP contribution in [0.2, 0.25) is 0 Å². The third kappa shape index (κ3) is 3.47. The SMILES string of the molecule is O=C(Nc1cn[nH]c1OCC(F)(F)F)c1cn[nH]c1. The second-order valence-corrected chi connectivity index (χ2v) is 3.46. The lowest BCUT2D eigenvalue weighted by molar-refractivity contribution is -0.153. The van der Waals surface area contributed by atoms with Crippen molar-refractivity contribution in [1.82, 2.24) is 20.4 Å². The lowest BCUT2D eigenvalue weighted by Crippen LogP contribution is -2.20. The molecule has 0 unspecified atom stereocenters. The number of halogens is 3. The second kappa shape index (κ2) is 5.00. The highest BCUT2D eigenvalue weighted by Gasteiger charge is 2.29. The van der Waals surface area contributed by atoms with E-state index in [1.807, 2.05) is 0 Å². The number of hydrogen-bond donors (Lipinski definition) is 3. The number of amides is 1. The van der Waals surface area contributed by atoms with E-state index in [-0.39, 0.29) is 17.1 Å². The van der Waals surface area contributed by atoms with E-state index < -0.39 is 18.7 Å². The van der Waals surface area contributed by atoms with Crippen LogP contribution in [0.3, 0.4) is 0 Å². The fourth-order valence-electron chi connectivity index (χ4n) is 1.20. The van der Waals surface area contributed by atoms with Crippen LogP contribution in [0.25, 0.3) is 0 Å². The van der Waals surface area contributed by atoms with Crippen LogP contribution < -0.4 is 10.1 Å². The zero-order chi connectivity index (χ0) is 13.9. The van der Waals surface area contributed by atoms with Gasteiger partial charge in [0.05, 0.1) is 18.0 Å². The first-order valence-corrected chi connectivity index (χ1v) is 4.99. The molecule has 102 valence electrons. The summed E-state index contributed by atoms with van der Waals surface area (Å²) in [5.74, 6) is -0.818. The highest BCUT2D eigenvalue weighted by Crippen LogP contribution is 2.23. The minimum atomic E-state index is -4.48. The van der Waals surface area contributed by atoms with Crippen molar-refractivity contribution in [2.24, 2.45) is 0 Å². The van der Waals surface area contributed by atoms with Gasteiger partial charge >= 0.3 is 6.18 Å². The predicted octanol–water partition coefficient (Wildman–Crippen LogP) is 1.33. The van der Waals surface area contributed by atoms with Gasteiger partial charge in [-0.1, -0.05) is 0 Å². The van der Waals surface area contributed by atoms with Crippen molar-refractivity contribution in [3.63, 3.8) is 0 Å². The summed E-state index contributed by atoms with van der Waals surface area (Å²) in [4.78, 5) is 11.6. The largest absolute Gasteiger partial charge is 0.467 e. The van der Waals surface area contributed by atoms with Gasteiger partial charge in [0.15, 0.2) is 6.61 Å². The molecule has 2 rings (SSSR count). The number of nitrogens with one attached hydrogen (secondary N) is 3. The van der Waals surface area contributed by atoms with Crippen molar-refractivity contribution < 1.29 is 22.7 Å². The molecule has 10 heteroatoms. The number of nitrogens with zero attached hydrogens (tertiary/aromatic N) is 2. The van der Waals surface area contributed by atoms with Gasteiger partial charge in [-0.3, -0.25) is 9.89 Å². The Morgan fingerprint density at radius 1 is 1.37 bits per heavy atom. The Morgan fingerprint density at radius 2 is 2.16 bits per heavy atom. The number of anilines is 1. The van der Waals surface area contributed by atoms with Gasteiger partial charge in [0.25, 0.3) is 5.91 Å². The van der Waals surface area contributed by atoms with E-state index in [0.29, 0.717) is 0 Å². The first-order chi connectivity index (χ1) is 8.96. The summed E-state index contributed by atoms with van der Waals surface area (Å²) in [6.07, 6.45) is -0.724. The van der Waals surface area contributed by atoms with E-state index in [9.17, 15) is 18.0 Å². The maximum Gasteiger partial charge on any atom is 0.422 e. The van der Waals surface area contributed by atoms with Gasteiger partial charge in [-0.25, -0.2) is 5.10 Å². The Kier molecular flexibility index (Phi) is 3.40. The summed E-state index contributed by atoms with van der Waals surface area (Å²) in [6.45, 7) is -1.48. The topological polar surface area (TPSA) is 95.7 Å². The third-order valence-corrected chi connectivity index (χ3v) is 1.99. The summed E-state index contributed by atoms with van der Waals surface area (Å²) in [6, 6.07) is 0. The number of ether oxygens (including phenoxy) is 1. The number of carbonyl (C=O) groups excluding carboxylic acids is 1. The van der Waals surface area contributed by atoms with Crippen molar-refractivity contribution in [3.05, 3.63) is 24.2 Å². The monoisotopic (exact) mass is 275 g/mol. The van der Waals surface area contributed by atoms with Crippen LogP contribution in [0.5, 0.6) is 5.88 Å². The zero-order valence-electron chi connectivity index (χ0n) is 9.28. The molecule has 7 nitrogen and oxygen atoms in total. The van der Waals surface area contributed by atoms with Crippen LogP contribution in [-0.4, -0.2) is 39.1 Å². The average Bonchev–Trinajstić information content (AvgIpc) is 2.96. The summed E-state index contributed by atoms with van der Waals surface area (Å²) >= 11 is 0. The first-order valence-electron chi connectivity index (χ1n) is 4.99. The molecule has 0 saturated heterocycles. The Bertz CT molecular complexity index is 548. The molecule has 0 fully saturated rings. The molecular formula is C9H8F3N5O2. The first kappa shape index (κ1) is 12.9. The number of carbonyl (C=O) groups is 1. The van der Waals surface area contributed by atoms with Gasteiger partial charge in [0, 0.05) is 6.20 Å². The summed E-state index contributed by atoms with van der Waals surface area (Å²) < 4.78 is 40.5. The fourth-order valence-corrected chi connectivity index (χ4v) is 1.20. The molecular weight excluding hydrogens is 267 g/mol. The second-order valence-electron chi connectivity index (χ2n) is 3.46. The lowest BCUT2D eigenvalue weighted by atomic mass is 10.3. The minimum Gasteiger partial charge on any atom is -0.467 e. The molecule has 0 spiro atoms. The van der Waals surface area contributed by atoms with E-state index in [1.54, 1.807) is 0 Å². The van der Waals surface area contributed by atoms with Crippen LogP contribution in [-0.2, 0) is 0 Å². The van der Waals surface area contributed by atoms with Gasteiger partial charge in [-0.15, -0.1) is 0 Å². The molecule has 0 aromatic carbocycles. The van der Waals surface area contributed by atoms with Gasteiger partial charge < -0.3 is 10.1 Å². The molecule has 0 aliphatic heterocycles. The Hall–Kier alpha value is -2.52. The molecule has 0 saturated carbocycles. The Labute approximate surface area is 104 Å². The molecule has 2 heterocycles. The minimum absolute atomic E-state index is 0.00968. The van der Waals surface area contributed by atoms with Crippen LogP contribution in [0.15, 0.2) is 18.6 Å². The molecule has 0 radical (unpaired) electrons. The normalized spacial score (nSPS) is 11.3. The quantitative estimate of drug-likeness (QED) is 0.784. The zero-order valence-corrected chi connectivity index (χ0v) is 9.28. The fraction of sp³-hybridized carbons (Fsp3) is 0.222. The number of aromatic amines is 2. The molecule has 3 N–H and O–H groups in total. The van der Waals surface area contributed by atoms with Gasteiger partial charge in [-0.05, 0) is 0 Å².